The molecule has 0 spiro atoms. The Morgan fingerprint density at radius 1 is 1.18 bits per heavy atom. The van der Waals surface area contributed by atoms with Gasteiger partial charge in [0.1, 0.15) is 0 Å². The Hall–Kier alpha value is 0.650. The molecule has 1 aliphatic carbocycles. The molecule has 1 saturated heterocycles. The van der Waals surface area contributed by atoms with Crippen LogP contribution in [0.25, 0.3) is 0 Å². The Morgan fingerprint density at radius 2 is 1.73 bits per heavy atom. The average Bonchev–Trinajstić information content (AvgIpc) is 2.83. The number of hydrogen-bond acceptors (Lipinski definition) is 2. The fourth-order valence-corrected chi connectivity index (χ4v) is 7.69. The van der Waals surface area contributed by atoms with Gasteiger partial charge >= 0.3 is 0 Å². The minimum atomic E-state index is 0.344. The van der Waals surface area contributed by atoms with Gasteiger partial charge in [-0.05, 0) is 35.5 Å². The van der Waals surface area contributed by atoms with E-state index in [0.29, 0.717) is 22.3 Å². The van der Waals surface area contributed by atoms with E-state index in [1.54, 1.807) is 0 Å². The lowest BCUT2D eigenvalue weighted by molar-refractivity contribution is -0.0364. The summed E-state index contributed by atoms with van der Waals surface area (Å²) in [5.41, 5.74) is 1.19. The van der Waals surface area contributed by atoms with Gasteiger partial charge in [0, 0.05) is 47.4 Å². The molecular formula is C19H37IN2. The van der Waals surface area contributed by atoms with Crippen LogP contribution in [0.3, 0.4) is 0 Å². The van der Waals surface area contributed by atoms with Crippen LogP contribution in [0.1, 0.15) is 74.7 Å². The Balaban J connectivity index is 2.46. The maximum atomic E-state index is 2.57. The van der Waals surface area contributed by atoms with Crippen molar-refractivity contribution >= 4 is 22.9 Å². The first-order valence-corrected chi connectivity index (χ1v) is 10.1. The molecule has 2 fully saturated rings. The van der Waals surface area contributed by atoms with Crippen LogP contribution in [0.4, 0.5) is 0 Å². The van der Waals surface area contributed by atoms with Crippen LogP contribution in [0.5, 0.6) is 0 Å². The molecule has 0 aromatic heterocycles. The summed E-state index contributed by atoms with van der Waals surface area (Å²) in [6, 6.07) is 1.36. The molecular weight excluding hydrogens is 383 g/mol. The van der Waals surface area contributed by atoms with Crippen LogP contribution in [0.15, 0.2) is 0 Å². The molecule has 130 valence electrons. The highest BCUT2D eigenvalue weighted by molar-refractivity contribution is 14.1. The second-order valence-corrected chi connectivity index (χ2v) is 10.6. The molecule has 22 heavy (non-hydrogen) atoms. The zero-order valence-corrected chi connectivity index (χ0v) is 18.4. The van der Waals surface area contributed by atoms with Crippen LogP contribution in [0, 0.1) is 28.1 Å². The fraction of sp³-hybridized carbons (Fsp3) is 1.00. The molecule has 0 bridgehead atoms. The minimum absolute atomic E-state index is 0.344. The van der Waals surface area contributed by atoms with Gasteiger partial charge in [-0.15, -0.1) is 0 Å². The molecule has 1 heterocycles. The van der Waals surface area contributed by atoms with Crippen molar-refractivity contribution in [1.82, 2.24) is 8.23 Å². The minimum Gasteiger partial charge on any atom is -0.231 e. The molecule has 2 rings (SSSR count). The molecule has 1 saturated carbocycles. The molecule has 0 radical (unpaired) electrons. The standard InChI is InChI=1S/C19H37IN2/c1-10-11-18(7,8)19-14(4)15(19)22(20)21(9)16(19)17(5,6)12-13(2)3/h13-16H,10-12H2,1-9H3. The van der Waals surface area contributed by atoms with E-state index >= 15 is 0 Å². The van der Waals surface area contributed by atoms with Crippen LogP contribution >= 0.6 is 22.9 Å². The van der Waals surface area contributed by atoms with Gasteiger partial charge in [0.25, 0.3) is 0 Å². The van der Waals surface area contributed by atoms with Crippen molar-refractivity contribution in [1.29, 1.82) is 0 Å². The van der Waals surface area contributed by atoms with E-state index < -0.39 is 0 Å². The van der Waals surface area contributed by atoms with E-state index in [1.807, 2.05) is 0 Å². The smallest absolute Gasteiger partial charge is 0.0463 e. The Labute approximate surface area is 152 Å². The summed E-state index contributed by atoms with van der Waals surface area (Å²) in [4.78, 5) is 0. The first-order valence-electron chi connectivity index (χ1n) is 9.13. The maximum Gasteiger partial charge on any atom is 0.0463 e. The van der Waals surface area contributed by atoms with E-state index in [0.717, 1.165) is 17.9 Å². The molecule has 1 aliphatic heterocycles. The normalized spacial score (nSPS) is 37.0. The van der Waals surface area contributed by atoms with Gasteiger partial charge in [-0.2, -0.15) is 3.22 Å². The van der Waals surface area contributed by atoms with E-state index in [2.05, 4.69) is 93.5 Å². The van der Waals surface area contributed by atoms with Gasteiger partial charge in [0.2, 0.25) is 0 Å². The van der Waals surface area contributed by atoms with Crippen molar-refractivity contribution in [3.8, 4) is 0 Å². The number of rotatable bonds is 6. The van der Waals surface area contributed by atoms with Gasteiger partial charge in [-0.3, -0.25) is 0 Å². The van der Waals surface area contributed by atoms with Crippen molar-refractivity contribution in [3.05, 3.63) is 0 Å². The third-order valence-electron chi connectivity index (χ3n) is 6.69. The van der Waals surface area contributed by atoms with Crippen molar-refractivity contribution in [2.24, 2.45) is 28.1 Å². The largest absolute Gasteiger partial charge is 0.231 e. The topological polar surface area (TPSA) is 6.48 Å². The predicted molar refractivity (Wildman–Crippen MR) is 105 cm³/mol. The molecule has 2 aliphatic rings. The lowest BCUT2D eigenvalue weighted by Crippen LogP contribution is -2.53. The summed E-state index contributed by atoms with van der Waals surface area (Å²) in [7, 11) is 2.32. The highest BCUT2D eigenvalue weighted by atomic mass is 127. The molecule has 3 heteroatoms. The fourth-order valence-electron chi connectivity index (χ4n) is 6.50. The highest BCUT2D eigenvalue weighted by Crippen LogP contribution is 2.76. The van der Waals surface area contributed by atoms with Crippen LogP contribution < -0.4 is 0 Å². The molecule has 2 nitrogen and oxygen atoms in total. The SMILES string of the molecule is CCCC(C)(C)C12C(C)C1N(I)N(C)C2C(C)(C)CC(C)C. The second kappa shape index (κ2) is 5.87. The molecule has 0 N–H and O–H groups in total. The third-order valence-corrected chi connectivity index (χ3v) is 7.97. The van der Waals surface area contributed by atoms with Crippen molar-refractivity contribution in [2.45, 2.75) is 86.7 Å². The van der Waals surface area contributed by atoms with Crippen LogP contribution in [0.2, 0.25) is 0 Å². The summed E-state index contributed by atoms with van der Waals surface area (Å²) in [6.07, 6.45) is 3.92. The first-order chi connectivity index (χ1) is 9.95. The molecule has 0 aromatic carbocycles. The van der Waals surface area contributed by atoms with Gasteiger partial charge in [-0.1, -0.05) is 61.8 Å². The lowest BCUT2D eigenvalue weighted by Gasteiger charge is -2.49. The van der Waals surface area contributed by atoms with Crippen molar-refractivity contribution < 1.29 is 0 Å². The number of halogens is 1. The molecule has 0 amide bonds. The average molecular weight is 420 g/mol. The molecule has 4 unspecified atom stereocenters. The quantitative estimate of drug-likeness (QED) is 0.398. The zero-order valence-electron chi connectivity index (χ0n) is 16.2. The summed E-state index contributed by atoms with van der Waals surface area (Å²) < 4.78 is 2.53. The monoisotopic (exact) mass is 420 g/mol. The Morgan fingerprint density at radius 3 is 2.18 bits per heavy atom. The van der Waals surface area contributed by atoms with E-state index in [-0.39, 0.29) is 0 Å². The van der Waals surface area contributed by atoms with Crippen LogP contribution in [-0.4, -0.2) is 27.4 Å². The number of hydrazine groups is 1. The number of hydrogen-bond donors (Lipinski definition) is 0. The summed E-state index contributed by atoms with van der Waals surface area (Å²) >= 11 is 2.57. The zero-order chi connectivity index (χ0) is 17.1. The lowest BCUT2D eigenvalue weighted by atomic mass is 9.60. The van der Waals surface area contributed by atoms with E-state index in [4.69, 9.17) is 0 Å². The number of nitrogens with zero attached hydrogens (tertiary/aromatic N) is 2. The molecule has 0 aromatic rings. The predicted octanol–water partition coefficient (Wildman–Crippen LogP) is 5.77. The van der Waals surface area contributed by atoms with Crippen molar-refractivity contribution in [2.75, 3.05) is 7.05 Å². The summed E-state index contributed by atoms with van der Waals surface area (Å²) in [6.45, 7) is 19.7. The third kappa shape index (κ3) is 2.48. The van der Waals surface area contributed by atoms with Crippen LogP contribution in [-0.2, 0) is 0 Å². The summed E-state index contributed by atoms with van der Waals surface area (Å²) in [5.74, 6) is 1.56. The van der Waals surface area contributed by atoms with Gasteiger partial charge in [0.05, 0.1) is 0 Å². The Kier molecular flexibility index (Phi) is 5.07. The molecule has 4 atom stereocenters. The van der Waals surface area contributed by atoms with Gasteiger partial charge in [0.15, 0.2) is 0 Å². The number of fused-ring (bicyclic) bond motifs is 1. The second-order valence-electron chi connectivity index (χ2n) is 9.65. The highest BCUT2D eigenvalue weighted by Gasteiger charge is 2.80. The van der Waals surface area contributed by atoms with E-state index in [9.17, 15) is 0 Å². The summed E-state index contributed by atoms with van der Waals surface area (Å²) in [5, 5.41) is 2.57. The first kappa shape index (κ1) is 19.0. The Bertz CT molecular complexity index is 418. The van der Waals surface area contributed by atoms with Gasteiger partial charge in [-0.25, -0.2) is 5.01 Å². The van der Waals surface area contributed by atoms with Crippen molar-refractivity contribution in [3.63, 3.8) is 0 Å². The van der Waals surface area contributed by atoms with Gasteiger partial charge < -0.3 is 0 Å². The van der Waals surface area contributed by atoms with E-state index in [1.165, 1.54) is 19.3 Å². The maximum absolute atomic E-state index is 2.57.